The Hall–Kier alpha value is -2.09. The largest absolute Gasteiger partial charge is 0.481 e. The predicted molar refractivity (Wildman–Crippen MR) is 90.4 cm³/mol. The number of carboxylic acids is 1. The molecule has 22 heavy (non-hydrogen) atoms. The molecule has 0 amide bonds. The van der Waals surface area contributed by atoms with E-state index in [4.69, 9.17) is 0 Å². The molecule has 0 aromatic heterocycles. The van der Waals surface area contributed by atoms with Crippen LogP contribution in [0.15, 0.2) is 54.6 Å². The van der Waals surface area contributed by atoms with Gasteiger partial charge in [-0.05, 0) is 28.0 Å². The molecule has 2 rings (SSSR count). The Bertz CT molecular complexity index is 621. The highest BCUT2D eigenvalue weighted by atomic mass is 16.4. The minimum Gasteiger partial charge on any atom is -0.481 e. The maximum atomic E-state index is 11.8. The van der Waals surface area contributed by atoms with Crippen LogP contribution in [-0.4, -0.2) is 11.1 Å². The number of rotatable bonds is 4. The van der Waals surface area contributed by atoms with Crippen LogP contribution < -0.4 is 0 Å². The number of benzene rings is 2. The van der Waals surface area contributed by atoms with E-state index in [0.29, 0.717) is 0 Å². The minimum atomic E-state index is -0.778. The molecule has 0 fully saturated rings. The van der Waals surface area contributed by atoms with Crippen molar-refractivity contribution in [2.24, 2.45) is 0 Å². The number of hydrogen-bond acceptors (Lipinski definition) is 1. The zero-order valence-corrected chi connectivity index (χ0v) is 13.7. The lowest BCUT2D eigenvalue weighted by Gasteiger charge is -2.23. The normalized spacial score (nSPS) is 14.4. The first-order chi connectivity index (χ1) is 10.3. The van der Waals surface area contributed by atoms with Crippen LogP contribution in [0.2, 0.25) is 0 Å². The lowest BCUT2D eigenvalue weighted by atomic mass is 9.80. The van der Waals surface area contributed by atoms with Crippen LogP contribution in [0, 0.1) is 0 Å². The molecule has 0 heterocycles. The van der Waals surface area contributed by atoms with Gasteiger partial charge in [-0.1, -0.05) is 82.3 Å². The molecule has 0 spiro atoms. The highest BCUT2D eigenvalue weighted by Crippen LogP contribution is 2.34. The summed E-state index contributed by atoms with van der Waals surface area (Å²) in [6.07, 6.45) is 0. The van der Waals surface area contributed by atoms with Crippen molar-refractivity contribution in [3.8, 4) is 0 Å². The van der Waals surface area contributed by atoms with Crippen molar-refractivity contribution in [3.63, 3.8) is 0 Å². The fourth-order valence-corrected chi connectivity index (χ4v) is 2.78. The quantitative estimate of drug-likeness (QED) is 0.866. The van der Waals surface area contributed by atoms with E-state index in [1.54, 1.807) is 0 Å². The van der Waals surface area contributed by atoms with Crippen molar-refractivity contribution in [3.05, 3.63) is 71.3 Å². The molecule has 1 N–H and O–H groups in total. The van der Waals surface area contributed by atoms with Gasteiger partial charge in [0.25, 0.3) is 0 Å². The van der Waals surface area contributed by atoms with Gasteiger partial charge in [-0.25, -0.2) is 0 Å². The molecule has 0 saturated heterocycles. The molecule has 2 atom stereocenters. The average molecular weight is 296 g/mol. The summed E-state index contributed by atoms with van der Waals surface area (Å²) in [6, 6.07) is 17.8. The molecule has 2 aromatic carbocycles. The average Bonchev–Trinajstić information content (AvgIpc) is 2.47. The van der Waals surface area contributed by atoms with Gasteiger partial charge in [0.15, 0.2) is 0 Å². The molecule has 2 heteroatoms. The SMILES string of the molecule is CC(c1ccccc1)C(C(=O)O)c1ccc(C(C)(C)C)cc1. The molecule has 2 aromatic rings. The second-order valence-corrected chi connectivity index (χ2v) is 6.89. The molecule has 2 nitrogen and oxygen atoms in total. The van der Waals surface area contributed by atoms with Gasteiger partial charge >= 0.3 is 5.97 Å². The lowest BCUT2D eigenvalue weighted by Crippen LogP contribution is -2.19. The lowest BCUT2D eigenvalue weighted by molar-refractivity contribution is -0.139. The summed E-state index contributed by atoms with van der Waals surface area (Å²) in [5.74, 6) is -1.38. The number of aliphatic carboxylic acids is 1. The second kappa shape index (κ2) is 6.35. The molecule has 0 aliphatic rings. The molecule has 116 valence electrons. The van der Waals surface area contributed by atoms with Crippen molar-refractivity contribution in [1.82, 2.24) is 0 Å². The summed E-state index contributed by atoms with van der Waals surface area (Å²) in [5.41, 5.74) is 3.20. The van der Waals surface area contributed by atoms with Gasteiger partial charge in [0.05, 0.1) is 5.92 Å². The Morgan fingerprint density at radius 2 is 1.45 bits per heavy atom. The standard InChI is InChI=1S/C20H24O2/c1-14(15-8-6-5-7-9-15)18(19(21)22)16-10-12-17(13-11-16)20(2,3)4/h5-14,18H,1-4H3,(H,21,22). The highest BCUT2D eigenvalue weighted by Gasteiger charge is 2.28. The Balaban J connectivity index is 2.35. The summed E-state index contributed by atoms with van der Waals surface area (Å²) in [4.78, 5) is 11.8. The van der Waals surface area contributed by atoms with E-state index in [1.807, 2.05) is 61.5 Å². The first-order valence-corrected chi connectivity index (χ1v) is 7.69. The minimum absolute atomic E-state index is 0.0702. The second-order valence-electron chi connectivity index (χ2n) is 6.89. The van der Waals surface area contributed by atoms with Crippen molar-refractivity contribution in [1.29, 1.82) is 0 Å². The van der Waals surface area contributed by atoms with Crippen LogP contribution in [0.5, 0.6) is 0 Å². The van der Waals surface area contributed by atoms with E-state index >= 15 is 0 Å². The Morgan fingerprint density at radius 1 is 0.909 bits per heavy atom. The number of hydrogen-bond donors (Lipinski definition) is 1. The molecular weight excluding hydrogens is 272 g/mol. The van der Waals surface area contributed by atoms with Gasteiger partial charge in [0, 0.05) is 0 Å². The Labute approximate surface area is 132 Å². The molecule has 0 saturated carbocycles. The number of carbonyl (C=O) groups is 1. The summed E-state index contributed by atoms with van der Waals surface area (Å²) in [7, 11) is 0. The molecular formula is C20H24O2. The number of carboxylic acid groups (broad SMARTS) is 1. The Kier molecular flexibility index (Phi) is 4.70. The van der Waals surface area contributed by atoms with E-state index in [1.165, 1.54) is 5.56 Å². The molecule has 0 aliphatic heterocycles. The topological polar surface area (TPSA) is 37.3 Å². The fraction of sp³-hybridized carbons (Fsp3) is 0.350. The van der Waals surface area contributed by atoms with E-state index < -0.39 is 11.9 Å². The third-order valence-electron chi connectivity index (χ3n) is 4.23. The third kappa shape index (κ3) is 3.56. The van der Waals surface area contributed by atoms with Gasteiger partial charge < -0.3 is 5.11 Å². The van der Waals surface area contributed by atoms with Crippen LogP contribution in [0.1, 0.15) is 56.2 Å². The molecule has 0 bridgehead atoms. The van der Waals surface area contributed by atoms with E-state index in [0.717, 1.165) is 11.1 Å². The van der Waals surface area contributed by atoms with Crippen molar-refractivity contribution in [2.45, 2.75) is 44.9 Å². The molecule has 0 radical (unpaired) electrons. The van der Waals surface area contributed by atoms with Crippen molar-refractivity contribution in [2.75, 3.05) is 0 Å². The maximum absolute atomic E-state index is 11.8. The van der Waals surface area contributed by atoms with Gasteiger partial charge in [-0.2, -0.15) is 0 Å². The van der Waals surface area contributed by atoms with Crippen LogP contribution in [0.3, 0.4) is 0 Å². The first-order valence-electron chi connectivity index (χ1n) is 7.69. The van der Waals surface area contributed by atoms with Crippen LogP contribution in [0.25, 0.3) is 0 Å². The maximum Gasteiger partial charge on any atom is 0.311 e. The fourth-order valence-electron chi connectivity index (χ4n) is 2.78. The highest BCUT2D eigenvalue weighted by molar-refractivity contribution is 5.77. The van der Waals surface area contributed by atoms with Gasteiger partial charge in [0.1, 0.15) is 0 Å². The van der Waals surface area contributed by atoms with E-state index in [-0.39, 0.29) is 11.3 Å². The van der Waals surface area contributed by atoms with Gasteiger partial charge in [-0.15, -0.1) is 0 Å². The molecule has 0 aliphatic carbocycles. The first kappa shape index (κ1) is 16.3. The molecule has 2 unspecified atom stereocenters. The van der Waals surface area contributed by atoms with Gasteiger partial charge in [0.2, 0.25) is 0 Å². The van der Waals surface area contributed by atoms with Crippen LogP contribution in [-0.2, 0) is 10.2 Å². The summed E-state index contributed by atoms with van der Waals surface area (Å²) >= 11 is 0. The van der Waals surface area contributed by atoms with Gasteiger partial charge in [-0.3, -0.25) is 4.79 Å². The van der Waals surface area contributed by atoms with E-state index in [9.17, 15) is 9.90 Å². The summed E-state index contributed by atoms with van der Waals surface area (Å²) < 4.78 is 0. The Morgan fingerprint density at radius 3 is 1.91 bits per heavy atom. The zero-order chi connectivity index (χ0) is 16.3. The predicted octanol–water partition coefficient (Wildman–Crippen LogP) is 4.96. The summed E-state index contributed by atoms with van der Waals surface area (Å²) in [6.45, 7) is 8.45. The van der Waals surface area contributed by atoms with Crippen LogP contribution >= 0.6 is 0 Å². The van der Waals surface area contributed by atoms with Crippen LogP contribution in [0.4, 0.5) is 0 Å². The third-order valence-corrected chi connectivity index (χ3v) is 4.23. The van der Waals surface area contributed by atoms with E-state index in [2.05, 4.69) is 20.8 Å². The van der Waals surface area contributed by atoms with Crippen molar-refractivity contribution >= 4 is 5.97 Å². The smallest absolute Gasteiger partial charge is 0.311 e. The monoisotopic (exact) mass is 296 g/mol. The van der Waals surface area contributed by atoms with Crippen molar-refractivity contribution < 1.29 is 9.90 Å². The summed E-state index contributed by atoms with van der Waals surface area (Å²) in [5, 5.41) is 9.69. The zero-order valence-electron chi connectivity index (χ0n) is 13.7.